The minimum atomic E-state index is -0.667. The molecule has 6 N–H and O–H groups in total. The van der Waals surface area contributed by atoms with Crippen LogP contribution in [-0.4, -0.2) is 48.7 Å². The second-order valence-electron chi connectivity index (χ2n) is 10.9. The molecule has 0 fully saturated rings. The van der Waals surface area contributed by atoms with E-state index in [-0.39, 0.29) is 24.3 Å². The number of rotatable bonds is 15. The van der Waals surface area contributed by atoms with Crippen molar-refractivity contribution in [1.82, 2.24) is 20.9 Å². The van der Waals surface area contributed by atoms with Crippen LogP contribution < -0.4 is 31.2 Å². The summed E-state index contributed by atoms with van der Waals surface area (Å²) in [6.45, 7) is 3.18. The van der Waals surface area contributed by atoms with E-state index in [1.54, 1.807) is 50.7 Å². The van der Waals surface area contributed by atoms with Crippen molar-refractivity contribution < 1.29 is 24.2 Å². The van der Waals surface area contributed by atoms with Crippen LogP contribution in [-0.2, 0) is 30.7 Å². The molecule has 0 bridgehead atoms. The lowest BCUT2D eigenvalue weighted by molar-refractivity contribution is -0.120. The minimum absolute atomic E-state index is 0.0827. The topological polar surface area (TPSA) is 148 Å². The number of hydrogen-bond acceptors (Lipinski definition) is 8. The number of carbonyl (C=O) groups excluding carboxylic acids is 2. The number of hydrogen-bond donors (Lipinski definition) is 5. The highest BCUT2D eigenvalue weighted by atomic mass is 16.5. The van der Waals surface area contributed by atoms with Crippen LogP contribution in [0.5, 0.6) is 11.5 Å². The molecule has 0 aliphatic heterocycles. The van der Waals surface area contributed by atoms with E-state index in [1.165, 1.54) is 0 Å². The first-order valence-electron chi connectivity index (χ1n) is 14.8. The summed E-state index contributed by atoms with van der Waals surface area (Å²) in [7, 11) is 3.15. The van der Waals surface area contributed by atoms with Gasteiger partial charge < -0.3 is 36.3 Å². The Hall–Kier alpha value is -4.93. The molecule has 10 heteroatoms. The van der Waals surface area contributed by atoms with Gasteiger partial charge in [-0.15, -0.1) is 0 Å². The van der Waals surface area contributed by atoms with Crippen molar-refractivity contribution in [3.8, 4) is 11.5 Å². The molecule has 10 nitrogen and oxygen atoms in total. The Morgan fingerprint density at radius 2 is 1.47 bits per heavy atom. The van der Waals surface area contributed by atoms with E-state index in [0.717, 1.165) is 34.2 Å². The first-order valence-corrected chi connectivity index (χ1v) is 14.8. The average molecular weight is 612 g/mol. The molecule has 0 saturated heterocycles. The van der Waals surface area contributed by atoms with Crippen LogP contribution in [0.3, 0.4) is 0 Å². The summed E-state index contributed by atoms with van der Waals surface area (Å²) in [5, 5.41) is 19.6. The van der Waals surface area contributed by atoms with Gasteiger partial charge >= 0.3 is 0 Å². The molecular formula is C35H41N5O5. The van der Waals surface area contributed by atoms with E-state index in [1.807, 2.05) is 48.5 Å². The zero-order valence-corrected chi connectivity index (χ0v) is 25.9. The van der Waals surface area contributed by atoms with E-state index >= 15 is 0 Å². The standard InChI is InChI=1S/C35H41N5O5/c1-23(37-22-30(41)29-13-15-33(36)38-21-29)16-24-4-6-25(7-5-24)18-34(42)39-19-26-8-11-28(12-9-26)35(43)40-20-27-10-14-31(44-2)32(17-27)45-3/h4-15,17,21,23,30,37,41H,16,18-20,22H2,1-3H3,(H2,36,38)(H,39,42)(H,40,43)/t23?,30-/m1/s1. The number of nitrogen functional groups attached to an aromatic ring is 1. The molecule has 2 amide bonds. The molecular weight excluding hydrogens is 570 g/mol. The number of benzene rings is 3. The van der Waals surface area contributed by atoms with E-state index in [4.69, 9.17) is 15.2 Å². The van der Waals surface area contributed by atoms with Gasteiger partial charge in [0.15, 0.2) is 11.5 Å². The molecule has 1 aromatic heterocycles. The third-order valence-electron chi connectivity index (χ3n) is 7.39. The van der Waals surface area contributed by atoms with Gasteiger partial charge in [-0.05, 0) is 65.9 Å². The molecule has 0 spiro atoms. The lowest BCUT2D eigenvalue weighted by Crippen LogP contribution is -2.32. The number of carbonyl (C=O) groups is 2. The van der Waals surface area contributed by atoms with Crippen molar-refractivity contribution in [2.75, 3.05) is 26.5 Å². The third kappa shape index (κ3) is 10.1. The van der Waals surface area contributed by atoms with E-state index < -0.39 is 6.10 Å². The maximum absolute atomic E-state index is 12.6. The van der Waals surface area contributed by atoms with Crippen LogP contribution in [0.2, 0.25) is 0 Å². The third-order valence-corrected chi connectivity index (χ3v) is 7.39. The molecule has 0 saturated carbocycles. The second-order valence-corrected chi connectivity index (χ2v) is 10.9. The number of nitrogens with zero attached hydrogens (tertiary/aromatic N) is 1. The summed E-state index contributed by atoms with van der Waals surface area (Å²) in [5.41, 5.74) is 10.7. The van der Waals surface area contributed by atoms with Crippen molar-refractivity contribution >= 4 is 17.6 Å². The zero-order valence-electron chi connectivity index (χ0n) is 25.9. The minimum Gasteiger partial charge on any atom is -0.493 e. The number of aliphatic hydroxyl groups is 1. The fraction of sp³-hybridized carbons (Fsp3) is 0.286. The number of nitrogens with two attached hydrogens (primary N) is 1. The van der Waals surface area contributed by atoms with E-state index in [0.29, 0.717) is 42.5 Å². The van der Waals surface area contributed by atoms with Gasteiger partial charge in [-0.1, -0.05) is 48.5 Å². The molecule has 45 heavy (non-hydrogen) atoms. The molecule has 0 aliphatic rings. The van der Waals surface area contributed by atoms with Gasteiger partial charge in [-0.25, -0.2) is 4.98 Å². The number of amides is 2. The van der Waals surface area contributed by atoms with Gasteiger partial charge in [-0.2, -0.15) is 0 Å². The molecule has 4 rings (SSSR count). The SMILES string of the molecule is COc1ccc(CNC(=O)c2ccc(CNC(=O)Cc3ccc(CC(C)NC[C@@H](O)c4ccc(N)nc4)cc3)cc2)cc1OC. The maximum Gasteiger partial charge on any atom is 0.251 e. The predicted molar refractivity (Wildman–Crippen MR) is 174 cm³/mol. The number of nitrogens with one attached hydrogen (secondary N) is 3. The Labute approximate surface area is 264 Å². The van der Waals surface area contributed by atoms with E-state index in [9.17, 15) is 14.7 Å². The van der Waals surface area contributed by atoms with Crippen molar-refractivity contribution in [3.05, 3.63) is 118 Å². The summed E-state index contributed by atoms with van der Waals surface area (Å²) in [6.07, 6.45) is 1.97. The molecule has 1 unspecified atom stereocenters. The Kier molecular flexibility index (Phi) is 11.9. The van der Waals surface area contributed by atoms with Gasteiger partial charge in [0.05, 0.1) is 26.7 Å². The normalized spacial score (nSPS) is 12.2. The fourth-order valence-corrected chi connectivity index (χ4v) is 4.76. The van der Waals surface area contributed by atoms with Crippen LogP contribution in [0.25, 0.3) is 0 Å². The van der Waals surface area contributed by atoms with Gasteiger partial charge in [0.25, 0.3) is 5.91 Å². The first-order chi connectivity index (χ1) is 21.7. The Morgan fingerprint density at radius 1 is 0.822 bits per heavy atom. The number of aromatic nitrogens is 1. The monoisotopic (exact) mass is 611 g/mol. The number of aliphatic hydroxyl groups excluding tert-OH is 1. The van der Waals surface area contributed by atoms with Crippen LogP contribution in [0.1, 0.15) is 51.2 Å². The Bertz CT molecular complexity index is 1540. The smallest absolute Gasteiger partial charge is 0.251 e. The quantitative estimate of drug-likeness (QED) is 0.137. The molecule has 4 aromatic rings. The maximum atomic E-state index is 12.6. The predicted octanol–water partition coefficient (Wildman–Crippen LogP) is 3.72. The van der Waals surface area contributed by atoms with Crippen molar-refractivity contribution in [2.24, 2.45) is 0 Å². The summed E-state index contributed by atoms with van der Waals surface area (Å²) >= 11 is 0. The lowest BCUT2D eigenvalue weighted by atomic mass is 10.0. The van der Waals surface area contributed by atoms with Crippen molar-refractivity contribution in [1.29, 1.82) is 0 Å². The van der Waals surface area contributed by atoms with Gasteiger partial charge in [-0.3, -0.25) is 9.59 Å². The summed E-state index contributed by atoms with van der Waals surface area (Å²) in [6, 6.07) is 24.2. The number of methoxy groups -OCH3 is 2. The zero-order chi connectivity index (χ0) is 32.2. The Balaban J connectivity index is 1.17. The summed E-state index contributed by atoms with van der Waals surface area (Å²) < 4.78 is 10.6. The first kappa shape index (κ1) is 33.0. The van der Waals surface area contributed by atoms with Gasteiger partial charge in [0.1, 0.15) is 5.82 Å². The summed E-state index contributed by atoms with van der Waals surface area (Å²) in [5.74, 6) is 1.38. The van der Waals surface area contributed by atoms with Gasteiger partial charge in [0.2, 0.25) is 5.91 Å². The highest BCUT2D eigenvalue weighted by molar-refractivity contribution is 5.94. The van der Waals surface area contributed by atoms with Crippen LogP contribution >= 0.6 is 0 Å². The highest BCUT2D eigenvalue weighted by Gasteiger charge is 2.12. The van der Waals surface area contributed by atoms with Crippen LogP contribution in [0.15, 0.2) is 85.1 Å². The van der Waals surface area contributed by atoms with Crippen molar-refractivity contribution in [2.45, 2.75) is 45.0 Å². The average Bonchev–Trinajstić information content (AvgIpc) is 3.06. The molecule has 0 radical (unpaired) electrons. The summed E-state index contributed by atoms with van der Waals surface area (Å²) in [4.78, 5) is 29.2. The molecule has 3 aromatic carbocycles. The lowest BCUT2D eigenvalue weighted by Gasteiger charge is -2.17. The second kappa shape index (κ2) is 16.2. The largest absolute Gasteiger partial charge is 0.493 e. The van der Waals surface area contributed by atoms with Crippen molar-refractivity contribution in [3.63, 3.8) is 0 Å². The molecule has 236 valence electrons. The molecule has 2 atom stereocenters. The number of anilines is 1. The molecule has 0 aliphatic carbocycles. The van der Waals surface area contributed by atoms with Crippen LogP contribution in [0, 0.1) is 0 Å². The number of pyridine rings is 1. The number of ether oxygens (including phenoxy) is 2. The van der Waals surface area contributed by atoms with Gasteiger partial charge in [0, 0.05) is 43.0 Å². The van der Waals surface area contributed by atoms with E-state index in [2.05, 4.69) is 27.9 Å². The van der Waals surface area contributed by atoms with Crippen LogP contribution in [0.4, 0.5) is 5.82 Å². The Morgan fingerprint density at radius 3 is 2.13 bits per heavy atom. The molecule has 1 heterocycles. The fourth-order valence-electron chi connectivity index (χ4n) is 4.76. The highest BCUT2D eigenvalue weighted by Crippen LogP contribution is 2.27.